The van der Waals surface area contributed by atoms with Crippen molar-refractivity contribution in [3.05, 3.63) is 18.2 Å². The molecule has 0 aromatic carbocycles. The molecule has 0 radical (unpaired) electrons. The molecule has 1 unspecified atom stereocenters. The summed E-state index contributed by atoms with van der Waals surface area (Å²) in [5, 5.41) is 9.84. The van der Waals surface area contributed by atoms with Gasteiger partial charge in [-0.1, -0.05) is 20.3 Å². The Balaban J connectivity index is 2.29. The van der Waals surface area contributed by atoms with Crippen LogP contribution < -0.4 is 0 Å². The van der Waals surface area contributed by atoms with Crippen LogP contribution in [0.2, 0.25) is 0 Å². The first-order chi connectivity index (χ1) is 8.27. The van der Waals surface area contributed by atoms with Crippen molar-refractivity contribution in [3.63, 3.8) is 0 Å². The fourth-order valence-corrected chi connectivity index (χ4v) is 1.70. The first-order valence-electron chi connectivity index (χ1n) is 6.53. The van der Waals surface area contributed by atoms with Gasteiger partial charge in [-0.3, -0.25) is 0 Å². The Kier molecular flexibility index (Phi) is 6.89. The van der Waals surface area contributed by atoms with Crippen LogP contribution in [0.25, 0.3) is 0 Å². The maximum Gasteiger partial charge on any atom is 0.108 e. The lowest BCUT2D eigenvalue weighted by Crippen LogP contribution is -2.23. The maximum absolute atomic E-state index is 9.84. The lowest BCUT2D eigenvalue weighted by molar-refractivity contribution is 0.0267. The Bertz CT molecular complexity index is 299. The van der Waals surface area contributed by atoms with Crippen molar-refractivity contribution in [3.8, 4) is 0 Å². The molecule has 0 saturated carbocycles. The molecule has 1 aromatic heterocycles. The highest BCUT2D eigenvalue weighted by atomic mass is 16.5. The number of unbranched alkanes of at least 4 members (excludes halogenated alkanes) is 1. The molecule has 0 aliphatic carbocycles. The summed E-state index contributed by atoms with van der Waals surface area (Å²) in [4.78, 5) is 4.28. The van der Waals surface area contributed by atoms with E-state index >= 15 is 0 Å². The van der Waals surface area contributed by atoms with Gasteiger partial charge in [0.1, 0.15) is 5.82 Å². The van der Waals surface area contributed by atoms with E-state index in [1.54, 1.807) is 6.20 Å². The normalized spacial score (nSPS) is 12.9. The molecule has 4 nitrogen and oxygen atoms in total. The minimum Gasteiger partial charge on any atom is -0.389 e. The van der Waals surface area contributed by atoms with Crippen molar-refractivity contribution < 1.29 is 9.84 Å². The van der Waals surface area contributed by atoms with Crippen LogP contribution in [0.5, 0.6) is 0 Å². The maximum atomic E-state index is 9.84. The van der Waals surface area contributed by atoms with E-state index < -0.39 is 6.10 Å². The summed E-state index contributed by atoms with van der Waals surface area (Å²) < 4.78 is 7.41. The third kappa shape index (κ3) is 5.33. The van der Waals surface area contributed by atoms with Crippen molar-refractivity contribution in [2.24, 2.45) is 0 Å². The second-order valence-electron chi connectivity index (χ2n) is 4.33. The van der Waals surface area contributed by atoms with E-state index in [4.69, 9.17) is 4.74 Å². The third-order valence-electron chi connectivity index (χ3n) is 2.64. The van der Waals surface area contributed by atoms with E-state index in [9.17, 15) is 5.11 Å². The van der Waals surface area contributed by atoms with E-state index in [-0.39, 0.29) is 0 Å². The fraction of sp³-hybridized carbons (Fsp3) is 0.769. The van der Waals surface area contributed by atoms with Gasteiger partial charge in [0.05, 0.1) is 19.3 Å². The number of rotatable bonds is 9. The van der Waals surface area contributed by atoms with Crippen LogP contribution >= 0.6 is 0 Å². The van der Waals surface area contributed by atoms with Crippen LogP contribution in [-0.2, 0) is 17.7 Å². The lowest BCUT2D eigenvalue weighted by Gasteiger charge is -2.13. The average molecular weight is 240 g/mol. The number of aromatic nitrogens is 2. The zero-order chi connectivity index (χ0) is 12.5. The SMILES string of the molecule is CCCCOCC(O)Cn1ccnc1CCC. The predicted molar refractivity (Wildman–Crippen MR) is 68.0 cm³/mol. The topological polar surface area (TPSA) is 47.3 Å². The highest BCUT2D eigenvalue weighted by molar-refractivity contribution is 4.92. The first kappa shape index (κ1) is 14.2. The summed E-state index contributed by atoms with van der Waals surface area (Å²) in [5.41, 5.74) is 0. The van der Waals surface area contributed by atoms with Gasteiger partial charge in [-0.15, -0.1) is 0 Å². The Hall–Kier alpha value is -0.870. The molecule has 0 spiro atoms. The van der Waals surface area contributed by atoms with Crippen molar-refractivity contribution in [1.29, 1.82) is 0 Å². The van der Waals surface area contributed by atoms with Gasteiger partial charge in [0.2, 0.25) is 0 Å². The molecule has 0 amide bonds. The lowest BCUT2D eigenvalue weighted by atomic mass is 10.3. The molecule has 1 N–H and O–H groups in total. The van der Waals surface area contributed by atoms with Crippen molar-refractivity contribution in [2.75, 3.05) is 13.2 Å². The molecule has 1 aromatic rings. The monoisotopic (exact) mass is 240 g/mol. The second kappa shape index (κ2) is 8.25. The molecule has 0 bridgehead atoms. The number of nitrogens with zero attached hydrogens (tertiary/aromatic N) is 2. The number of hydrogen-bond acceptors (Lipinski definition) is 3. The summed E-state index contributed by atoms with van der Waals surface area (Å²) in [5.74, 6) is 1.04. The van der Waals surface area contributed by atoms with E-state index in [0.29, 0.717) is 13.2 Å². The van der Waals surface area contributed by atoms with Crippen LogP contribution in [0.3, 0.4) is 0 Å². The molecule has 0 fully saturated rings. The molecule has 1 atom stereocenters. The molecule has 0 aliphatic heterocycles. The van der Waals surface area contributed by atoms with E-state index in [2.05, 4.69) is 18.8 Å². The molecule has 98 valence electrons. The van der Waals surface area contributed by atoms with Gasteiger partial charge in [-0.05, 0) is 12.8 Å². The van der Waals surface area contributed by atoms with E-state index in [0.717, 1.165) is 38.1 Å². The number of imidazole rings is 1. The third-order valence-corrected chi connectivity index (χ3v) is 2.64. The molecular weight excluding hydrogens is 216 g/mol. The number of hydrogen-bond donors (Lipinski definition) is 1. The Morgan fingerprint density at radius 2 is 2.24 bits per heavy atom. The molecule has 0 aliphatic rings. The van der Waals surface area contributed by atoms with Gasteiger partial charge in [-0.2, -0.15) is 0 Å². The van der Waals surface area contributed by atoms with Crippen molar-refractivity contribution in [2.45, 2.75) is 52.2 Å². The van der Waals surface area contributed by atoms with Gasteiger partial charge in [-0.25, -0.2) is 4.98 Å². The quantitative estimate of drug-likeness (QED) is 0.672. The summed E-state index contributed by atoms with van der Waals surface area (Å²) in [6, 6.07) is 0. The zero-order valence-corrected chi connectivity index (χ0v) is 10.9. The number of aliphatic hydroxyl groups is 1. The summed E-state index contributed by atoms with van der Waals surface area (Å²) >= 11 is 0. The molecule has 1 heterocycles. The van der Waals surface area contributed by atoms with Gasteiger partial charge >= 0.3 is 0 Å². The zero-order valence-electron chi connectivity index (χ0n) is 10.9. The van der Waals surface area contributed by atoms with Crippen molar-refractivity contribution in [1.82, 2.24) is 9.55 Å². The summed E-state index contributed by atoms with van der Waals surface area (Å²) in [7, 11) is 0. The minimum atomic E-state index is -0.448. The van der Waals surface area contributed by atoms with Crippen LogP contribution in [0.4, 0.5) is 0 Å². The molecular formula is C13H24N2O2. The largest absolute Gasteiger partial charge is 0.389 e. The van der Waals surface area contributed by atoms with E-state index in [1.807, 2.05) is 10.8 Å². The Labute approximate surface area is 104 Å². The van der Waals surface area contributed by atoms with Crippen LogP contribution in [0.1, 0.15) is 38.9 Å². The Morgan fingerprint density at radius 3 is 2.94 bits per heavy atom. The first-order valence-corrected chi connectivity index (χ1v) is 6.53. The molecule has 0 saturated heterocycles. The smallest absolute Gasteiger partial charge is 0.108 e. The van der Waals surface area contributed by atoms with Crippen LogP contribution in [-0.4, -0.2) is 34.0 Å². The molecule has 1 rings (SSSR count). The van der Waals surface area contributed by atoms with Gasteiger partial charge < -0.3 is 14.4 Å². The number of ether oxygens (including phenoxy) is 1. The second-order valence-corrected chi connectivity index (χ2v) is 4.33. The fourth-order valence-electron chi connectivity index (χ4n) is 1.70. The number of aryl methyl sites for hydroxylation is 1. The van der Waals surface area contributed by atoms with Gasteiger partial charge in [0, 0.05) is 25.4 Å². The van der Waals surface area contributed by atoms with Crippen LogP contribution in [0, 0.1) is 0 Å². The standard InChI is InChI=1S/C13H24N2O2/c1-3-5-9-17-11-12(16)10-15-8-7-14-13(15)6-4-2/h7-8,12,16H,3-6,9-11H2,1-2H3. The highest BCUT2D eigenvalue weighted by Gasteiger charge is 2.08. The van der Waals surface area contributed by atoms with Gasteiger partial charge in [0.15, 0.2) is 0 Å². The summed E-state index contributed by atoms with van der Waals surface area (Å²) in [6.45, 7) is 5.97. The van der Waals surface area contributed by atoms with Gasteiger partial charge in [0.25, 0.3) is 0 Å². The molecule has 4 heteroatoms. The van der Waals surface area contributed by atoms with E-state index in [1.165, 1.54) is 0 Å². The Morgan fingerprint density at radius 1 is 1.41 bits per heavy atom. The predicted octanol–water partition coefficient (Wildman–Crippen LogP) is 2.01. The highest BCUT2D eigenvalue weighted by Crippen LogP contribution is 2.03. The number of aliphatic hydroxyl groups excluding tert-OH is 1. The summed E-state index contributed by atoms with van der Waals surface area (Å²) in [6.07, 6.45) is 7.46. The average Bonchev–Trinajstić information content (AvgIpc) is 2.73. The van der Waals surface area contributed by atoms with Crippen LogP contribution in [0.15, 0.2) is 12.4 Å². The van der Waals surface area contributed by atoms with Crippen molar-refractivity contribution >= 4 is 0 Å². The molecule has 17 heavy (non-hydrogen) atoms. The minimum absolute atomic E-state index is 0.406.